The highest BCUT2D eigenvalue weighted by Crippen LogP contribution is 1.99. The van der Waals surface area contributed by atoms with Gasteiger partial charge in [0.25, 0.3) is 0 Å². The number of amidine groups is 1. The molecule has 50 valence electrons. The van der Waals surface area contributed by atoms with Gasteiger partial charge in [-0.2, -0.15) is 0 Å². The van der Waals surface area contributed by atoms with Gasteiger partial charge in [-0.3, -0.25) is 5.01 Å². The lowest BCUT2D eigenvalue weighted by Gasteiger charge is -2.21. The fraction of sp³-hybridized carbons (Fsp3) is 0.500. The third-order valence-electron chi connectivity index (χ3n) is 1.29. The number of nitrogens with zero attached hydrogens (tertiary/aromatic N) is 2. The van der Waals surface area contributed by atoms with Crippen molar-refractivity contribution in [1.29, 1.82) is 0 Å². The van der Waals surface area contributed by atoms with Crippen molar-refractivity contribution in [3.05, 3.63) is 11.9 Å². The molecule has 1 rings (SSSR count). The predicted octanol–water partition coefficient (Wildman–Crippen LogP) is 0.716. The van der Waals surface area contributed by atoms with Gasteiger partial charge in [-0.25, -0.2) is 4.99 Å². The zero-order chi connectivity index (χ0) is 6.85. The third kappa shape index (κ3) is 1.22. The lowest BCUT2D eigenvalue weighted by atomic mass is 10.5. The summed E-state index contributed by atoms with van der Waals surface area (Å²) in [7, 11) is 1.93. The number of hydrogen-bond acceptors (Lipinski definition) is 3. The Labute approximate surface area is 55.0 Å². The molecule has 3 nitrogen and oxygen atoms in total. The molecule has 0 fully saturated rings. The van der Waals surface area contributed by atoms with Crippen molar-refractivity contribution in [2.75, 3.05) is 7.05 Å². The lowest BCUT2D eigenvalue weighted by Crippen LogP contribution is -2.36. The maximum absolute atomic E-state index is 4.20. The van der Waals surface area contributed by atoms with Crippen LogP contribution < -0.4 is 5.43 Å². The summed E-state index contributed by atoms with van der Waals surface area (Å²) in [6.07, 6.45) is 1.87. The van der Waals surface area contributed by atoms with E-state index >= 15 is 0 Å². The minimum atomic E-state index is 0.995. The van der Waals surface area contributed by atoms with Crippen LogP contribution in [-0.2, 0) is 0 Å². The minimum absolute atomic E-state index is 0.995. The van der Waals surface area contributed by atoms with Crippen LogP contribution in [0.4, 0.5) is 0 Å². The predicted molar refractivity (Wildman–Crippen MR) is 37.8 cm³/mol. The molecular formula is C6H11N3. The molecule has 0 amide bonds. The molecule has 0 aliphatic carbocycles. The molecular weight excluding hydrogens is 114 g/mol. The molecule has 0 aromatic carbocycles. The molecule has 0 atom stereocenters. The summed E-state index contributed by atoms with van der Waals surface area (Å²) in [5, 5.41) is 1.87. The van der Waals surface area contributed by atoms with E-state index in [1.807, 2.05) is 32.1 Å². The largest absolute Gasteiger partial charge is 0.303 e. The van der Waals surface area contributed by atoms with E-state index in [4.69, 9.17) is 0 Å². The number of allylic oxidation sites excluding steroid dienone is 1. The van der Waals surface area contributed by atoms with E-state index in [9.17, 15) is 0 Å². The van der Waals surface area contributed by atoms with Gasteiger partial charge in [0.05, 0.1) is 5.70 Å². The molecule has 0 saturated heterocycles. The first-order valence-electron chi connectivity index (χ1n) is 2.92. The van der Waals surface area contributed by atoms with Crippen molar-refractivity contribution in [2.24, 2.45) is 4.99 Å². The highest BCUT2D eigenvalue weighted by Gasteiger charge is 2.01. The molecule has 1 aliphatic rings. The summed E-state index contributed by atoms with van der Waals surface area (Å²) < 4.78 is 0. The minimum Gasteiger partial charge on any atom is -0.303 e. The lowest BCUT2D eigenvalue weighted by molar-refractivity contribution is 0.420. The van der Waals surface area contributed by atoms with Gasteiger partial charge in [0.1, 0.15) is 5.84 Å². The Morgan fingerprint density at radius 2 is 2.22 bits per heavy atom. The molecule has 0 saturated carbocycles. The molecule has 1 N–H and O–H groups in total. The molecule has 0 spiro atoms. The van der Waals surface area contributed by atoms with E-state index < -0.39 is 0 Å². The molecule has 0 aromatic heterocycles. The standard InChI is InChI=1S/C6H11N3/c1-5-4-7-9(3)6(2)8-5/h4,7H,1-3H3. The van der Waals surface area contributed by atoms with Crippen molar-refractivity contribution in [2.45, 2.75) is 13.8 Å². The summed E-state index contributed by atoms with van der Waals surface area (Å²) in [5.74, 6) is 0.995. The average molecular weight is 125 g/mol. The van der Waals surface area contributed by atoms with E-state index in [0.29, 0.717) is 0 Å². The quantitative estimate of drug-likeness (QED) is 0.516. The van der Waals surface area contributed by atoms with Crippen LogP contribution in [0.25, 0.3) is 0 Å². The number of hydrazine groups is 1. The first-order chi connectivity index (χ1) is 4.20. The van der Waals surface area contributed by atoms with Crippen LogP contribution in [0.15, 0.2) is 16.9 Å². The summed E-state index contributed by atoms with van der Waals surface area (Å²) in [6.45, 7) is 3.92. The fourth-order valence-corrected chi connectivity index (χ4v) is 0.646. The Balaban J connectivity index is 2.74. The Kier molecular flexibility index (Phi) is 1.42. The van der Waals surface area contributed by atoms with Crippen molar-refractivity contribution >= 4 is 5.84 Å². The van der Waals surface area contributed by atoms with Crippen LogP contribution in [0.3, 0.4) is 0 Å². The summed E-state index contributed by atoms with van der Waals surface area (Å²) >= 11 is 0. The van der Waals surface area contributed by atoms with Crippen LogP contribution in [0.1, 0.15) is 13.8 Å². The maximum atomic E-state index is 4.20. The summed E-state index contributed by atoms with van der Waals surface area (Å²) in [4.78, 5) is 4.20. The Morgan fingerprint density at radius 3 is 2.67 bits per heavy atom. The number of aliphatic imine (C=N–C) groups is 1. The molecule has 3 heteroatoms. The number of nitrogens with one attached hydrogen (secondary N) is 1. The molecule has 1 aliphatic heterocycles. The maximum Gasteiger partial charge on any atom is 0.119 e. The van der Waals surface area contributed by atoms with E-state index in [-0.39, 0.29) is 0 Å². The molecule has 1 heterocycles. The molecule has 9 heavy (non-hydrogen) atoms. The van der Waals surface area contributed by atoms with Crippen molar-refractivity contribution in [3.8, 4) is 0 Å². The van der Waals surface area contributed by atoms with E-state index in [2.05, 4.69) is 10.4 Å². The summed E-state index contributed by atoms with van der Waals surface area (Å²) in [5.41, 5.74) is 4.04. The Morgan fingerprint density at radius 1 is 1.56 bits per heavy atom. The van der Waals surface area contributed by atoms with Crippen molar-refractivity contribution in [3.63, 3.8) is 0 Å². The second-order valence-electron chi connectivity index (χ2n) is 2.13. The second-order valence-corrected chi connectivity index (χ2v) is 2.13. The smallest absolute Gasteiger partial charge is 0.119 e. The Hall–Kier alpha value is -0.990. The third-order valence-corrected chi connectivity index (χ3v) is 1.29. The van der Waals surface area contributed by atoms with Gasteiger partial charge >= 0.3 is 0 Å². The van der Waals surface area contributed by atoms with Crippen LogP contribution >= 0.6 is 0 Å². The monoisotopic (exact) mass is 125 g/mol. The first-order valence-corrected chi connectivity index (χ1v) is 2.92. The van der Waals surface area contributed by atoms with Gasteiger partial charge in [-0.05, 0) is 13.8 Å². The number of hydrogen-bond donors (Lipinski definition) is 1. The van der Waals surface area contributed by atoms with Gasteiger partial charge in [0, 0.05) is 13.2 Å². The van der Waals surface area contributed by atoms with Crippen LogP contribution in [-0.4, -0.2) is 17.9 Å². The molecule has 0 bridgehead atoms. The van der Waals surface area contributed by atoms with Gasteiger partial charge in [-0.1, -0.05) is 0 Å². The topological polar surface area (TPSA) is 27.6 Å². The summed E-state index contributed by atoms with van der Waals surface area (Å²) in [6, 6.07) is 0. The number of rotatable bonds is 0. The van der Waals surface area contributed by atoms with Gasteiger partial charge in [0.15, 0.2) is 0 Å². The normalized spacial score (nSPS) is 18.3. The van der Waals surface area contributed by atoms with Crippen LogP contribution in [0, 0.1) is 0 Å². The Bertz CT molecular complexity index is 169. The van der Waals surface area contributed by atoms with Gasteiger partial charge < -0.3 is 5.43 Å². The average Bonchev–Trinajstić information content (AvgIpc) is 1.80. The van der Waals surface area contributed by atoms with E-state index in [0.717, 1.165) is 11.5 Å². The van der Waals surface area contributed by atoms with Crippen LogP contribution in [0.2, 0.25) is 0 Å². The highest BCUT2D eigenvalue weighted by molar-refractivity contribution is 5.80. The second kappa shape index (κ2) is 2.09. The van der Waals surface area contributed by atoms with Gasteiger partial charge in [-0.15, -0.1) is 0 Å². The van der Waals surface area contributed by atoms with Crippen LogP contribution in [0.5, 0.6) is 0 Å². The SMILES string of the molecule is CC1=CNN(C)C(C)=N1. The zero-order valence-corrected chi connectivity index (χ0v) is 5.97. The van der Waals surface area contributed by atoms with Crippen molar-refractivity contribution in [1.82, 2.24) is 10.4 Å². The molecule has 0 aromatic rings. The highest BCUT2D eigenvalue weighted by atomic mass is 15.5. The first kappa shape index (κ1) is 6.13. The molecule has 0 unspecified atom stereocenters. The van der Waals surface area contributed by atoms with Gasteiger partial charge in [0.2, 0.25) is 0 Å². The van der Waals surface area contributed by atoms with Crippen molar-refractivity contribution < 1.29 is 0 Å². The van der Waals surface area contributed by atoms with E-state index in [1.165, 1.54) is 0 Å². The zero-order valence-electron chi connectivity index (χ0n) is 5.97. The molecule has 0 radical (unpaired) electrons. The fourth-order valence-electron chi connectivity index (χ4n) is 0.646. The van der Waals surface area contributed by atoms with E-state index in [1.54, 1.807) is 0 Å².